The van der Waals surface area contributed by atoms with Crippen LogP contribution in [0.1, 0.15) is 24.0 Å². The van der Waals surface area contributed by atoms with Gasteiger partial charge < -0.3 is 5.32 Å². The molecule has 0 saturated heterocycles. The summed E-state index contributed by atoms with van der Waals surface area (Å²) < 4.78 is 0. The molecule has 1 aromatic carbocycles. The standard InChI is InChI=1S/C11H15N/c1-8-3-4-9(2)11(7-8)12-10-5-6-10/h3-4,7,10,12H,5-6H2,1-2H3. The van der Waals surface area contributed by atoms with Crippen LogP contribution in [0.2, 0.25) is 0 Å². The van der Waals surface area contributed by atoms with Crippen LogP contribution in [0, 0.1) is 13.8 Å². The fraction of sp³-hybridized carbons (Fsp3) is 0.455. The van der Waals surface area contributed by atoms with Crippen molar-refractivity contribution in [3.63, 3.8) is 0 Å². The summed E-state index contributed by atoms with van der Waals surface area (Å²) in [6.45, 7) is 4.29. The van der Waals surface area contributed by atoms with E-state index < -0.39 is 0 Å². The van der Waals surface area contributed by atoms with Crippen LogP contribution in [0.4, 0.5) is 5.69 Å². The topological polar surface area (TPSA) is 12.0 Å². The first-order valence-corrected chi connectivity index (χ1v) is 4.59. The Morgan fingerprint density at radius 3 is 2.67 bits per heavy atom. The molecule has 0 aliphatic heterocycles. The Bertz CT molecular complexity index is 287. The number of hydrogen-bond acceptors (Lipinski definition) is 1. The second kappa shape index (κ2) is 2.81. The summed E-state index contributed by atoms with van der Waals surface area (Å²) in [7, 11) is 0. The number of rotatable bonds is 2. The van der Waals surface area contributed by atoms with Crippen LogP contribution in [0.25, 0.3) is 0 Å². The Labute approximate surface area is 73.8 Å². The van der Waals surface area contributed by atoms with Crippen LogP contribution < -0.4 is 5.32 Å². The van der Waals surface area contributed by atoms with Crippen LogP contribution in [-0.2, 0) is 0 Å². The molecule has 1 N–H and O–H groups in total. The third-order valence-electron chi connectivity index (χ3n) is 2.33. The van der Waals surface area contributed by atoms with E-state index in [-0.39, 0.29) is 0 Å². The molecule has 0 heterocycles. The van der Waals surface area contributed by atoms with Crippen LogP contribution in [0.5, 0.6) is 0 Å². The van der Waals surface area contributed by atoms with Crippen LogP contribution in [0.3, 0.4) is 0 Å². The molecule has 0 spiro atoms. The minimum absolute atomic E-state index is 0.755. The first-order chi connectivity index (χ1) is 5.75. The highest BCUT2D eigenvalue weighted by molar-refractivity contribution is 5.53. The van der Waals surface area contributed by atoms with Gasteiger partial charge in [-0.25, -0.2) is 0 Å². The molecule has 1 heteroatoms. The highest BCUT2D eigenvalue weighted by Gasteiger charge is 2.21. The van der Waals surface area contributed by atoms with Crippen LogP contribution in [0.15, 0.2) is 18.2 Å². The zero-order chi connectivity index (χ0) is 8.55. The summed E-state index contributed by atoms with van der Waals surface area (Å²) in [4.78, 5) is 0. The number of benzene rings is 1. The predicted molar refractivity (Wildman–Crippen MR) is 52.6 cm³/mol. The highest BCUT2D eigenvalue weighted by atomic mass is 15.0. The van der Waals surface area contributed by atoms with E-state index in [0.717, 1.165) is 6.04 Å². The first kappa shape index (κ1) is 7.66. The van der Waals surface area contributed by atoms with Crippen molar-refractivity contribution in [3.05, 3.63) is 29.3 Å². The van der Waals surface area contributed by atoms with Crippen LogP contribution >= 0.6 is 0 Å². The van der Waals surface area contributed by atoms with Gasteiger partial charge in [-0.2, -0.15) is 0 Å². The van der Waals surface area contributed by atoms with Gasteiger partial charge in [-0.1, -0.05) is 12.1 Å². The molecule has 1 saturated carbocycles. The quantitative estimate of drug-likeness (QED) is 0.703. The maximum absolute atomic E-state index is 3.52. The van der Waals surface area contributed by atoms with Crippen molar-refractivity contribution in [2.24, 2.45) is 0 Å². The van der Waals surface area contributed by atoms with Gasteiger partial charge in [0.15, 0.2) is 0 Å². The second-order valence-corrected chi connectivity index (χ2v) is 3.74. The summed E-state index contributed by atoms with van der Waals surface area (Å²) in [5.41, 5.74) is 4.01. The van der Waals surface area contributed by atoms with E-state index in [2.05, 4.69) is 37.4 Å². The van der Waals surface area contributed by atoms with E-state index in [1.165, 1.54) is 29.7 Å². The van der Waals surface area contributed by atoms with Gasteiger partial charge in [0.25, 0.3) is 0 Å². The van der Waals surface area contributed by atoms with Gasteiger partial charge in [0.05, 0.1) is 0 Å². The molecule has 64 valence electrons. The molecule has 1 aromatic rings. The first-order valence-electron chi connectivity index (χ1n) is 4.59. The average Bonchev–Trinajstić information content (AvgIpc) is 2.81. The van der Waals surface area contributed by atoms with E-state index in [9.17, 15) is 0 Å². The number of anilines is 1. The van der Waals surface area contributed by atoms with Crippen molar-refractivity contribution in [2.45, 2.75) is 32.7 Å². The number of aryl methyl sites for hydroxylation is 2. The molecule has 0 bridgehead atoms. The lowest BCUT2D eigenvalue weighted by Gasteiger charge is -2.08. The normalized spacial score (nSPS) is 16.2. The van der Waals surface area contributed by atoms with Gasteiger partial charge in [0.1, 0.15) is 0 Å². The Hall–Kier alpha value is -0.980. The SMILES string of the molecule is Cc1ccc(C)c(NC2CC2)c1. The maximum Gasteiger partial charge on any atom is 0.0374 e. The zero-order valence-electron chi connectivity index (χ0n) is 7.72. The van der Waals surface area contributed by atoms with E-state index in [0.29, 0.717) is 0 Å². The van der Waals surface area contributed by atoms with Gasteiger partial charge in [0, 0.05) is 11.7 Å². The lowest BCUT2D eigenvalue weighted by molar-refractivity contribution is 1.14. The molecule has 0 amide bonds. The summed E-state index contributed by atoms with van der Waals surface area (Å²) in [6.07, 6.45) is 2.68. The Balaban J connectivity index is 2.21. The molecule has 2 rings (SSSR count). The number of hydrogen-bond donors (Lipinski definition) is 1. The van der Waals surface area contributed by atoms with Crippen molar-refractivity contribution in [2.75, 3.05) is 5.32 Å². The molecular weight excluding hydrogens is 146 g/mol. The predicted octanol–water partition coefficient (Wildman–Crippen LogP) is 2.88. The minimum Gasteiger partial charge on any atom is -0.382 e. The van der Waals surface area contributed by atoms with Gasteiger partial charge >= 0.3 is 0 Å². The van der Waals surface area contributed by atoms with Crippen molar-refractivity contribution in [1.82, 2.24) is 0 Å². The van der Waals surface area contributed by atoms with E-state index >= 15 is 0 Å². The maximum atomic E-state index is 3.52. The average molecular weight is 161 g/mol. The lowest BCUT2D eigenvalue weighted by Crippen LogP contribution is -2.02. The monoisotopic (exact) mass is 161 g/mol. The van der Waals surface area contributed by atoms with Crippen molar-refractivity contribution in [1.29, 1.82) is 0 Å². The third-order valence-corrected chi connectivity index (χ3v) is 2.33. The van der Waals surface area contributed by atoms with Crippen LogP contribution in [-0.4, -0.2) is 6.04 Å². The Morgan fingerprint density at radius 2 is 2.00 bits per heavy atom. The van der Waals surface area contributed by atoms with E-state index in [1.54, 1.807) is 0 Å². The Morgan fingerprint density at radius 1 is 1.25 bits per heavy atom. The van der Waals surface area contributed by atoms with Gasteiger partial charge in [-0.05, 0) is 43.9 Å². The summed E-state index contributed by atoms with van der Waals surface area (Å²) in [6, 6.07) is 7.33. The summed E-state index contributed by atoms with van der Waals surface area (Å²) in [5, 5.41) is 3.52. The van der Waals surface area contributed by atoms with E-state index in [4.69, 9.17) is 0 Å². The molecule has 1 fully saturated rings. The lowest BCUT2D eigenvalue weighted by atomic mass is 10.1. The largest absolute Gasteiger partial charge is 0.382 e. The highest BCUT2D eigenvalue weighted by Crippen LogP contribution is 2.26. The molecule has 1 nitrogen and oxygen atoms in total. The molecule has 0 atom stereocenters. The molecule has 0 aromatic heterocycles. The molecular formula is C11H15N. The fourth-order valence-corrected chi connectivity index (χ4v) is 1.34. The number of nitrogens with one attached hydrogen (secondary N) is 1. The summed E-state index contributed by atoms with van der Waals surface area (Å²) >= 11 is 0. The molecule has 1 aliphatic rings. The molecule has 12 heavy (non-hydrogen) atoms. The zero-order valence-corrected chi connectivity index (χ0v) is 7.72. The molecule has 1 aliphatic carbocycles. The Kier molecular flexibility index (Phi) is 1.80. The third kappa shape index (κ3) is 1.60. The van der Waals surface area contributed by atoms with Crippen molar-refractivity contribution < 1.29 is 0 Å². The fourth-order valence-electron chi connectivity index (χ4n) is 1.34. The van der Waals surface area contributed by atoms with Gasteiger partial charge in [-0.3, -0.25) is 0 Å². The molecule has 0 radical (unpaired) electrons. The summed E-state index contributed by atoms with van der Waals surface area (Å²) in [5.74, 6) is 0. The van der Waals surface area contributed by atoms with Crippen molar-refractivity contribution >= 4 is 5.69 Å². The van der Waals surface area contributed by atoms with E-state index in [1.807, 2.05) is 0 Å². The van der Waals surface area contributed by atoms with Gasteiger partial charge in [0.2, 0.25) is 0 Å². The smallest absolute Gasteiger partial charge is 0.0374 e. The van der Waals surface area contributed by atoms with Gasteiger partial charge in [-0.15, -0.1) is 0 Å². The molecule has 0 unspecified atom stereocenters. The second-order valence-electron chi connectivity index (χ2n) is 3.74. The van der Waals surface area contributed by atoms with Crippen molar-refractivity contribution in [3.8, 4) is 0 Å². The minimum atomic E-state index is 0.755.